The zero-order valence-corrected chi connectivity index (χ0v) is 14.6. The maximum atomic E-state index is 12.9. The van der Waals surface area contributed by atoms with Crippen LogP contribution < -0.4 is 5.32 Å². The molecule has 1 amide bonds. The van der Waals surface area contributed by atoms with Crippen molar-refractivity contribution in [1.82, 2.24) is 15.5 Å². The van der Waals surface area contributed by atoms with Gasteiger partial charge < -0.3 is 9.84 Å². The van der Waals surface area contributed by atoms with E-state index in [0.29, 0.717) is 5.76 Å². The molecule has 5 nitrogen and oxygen atoms in total. The molecular weight excluding hydrogens is 314 g/mol. The van der Waals surface area contributed by atoms with Gasteiger partial charge in [0, 0.05) is 18.0 Å². The second kappa shape index (κ2) is 7.30. The lowest BCUT2D eigenvalue weighted by Gasteiger charge is -2.22. The fourth-order valence-corrected chi connectivity index (χ4v) is 3.07. The van der Waals surface area contributed by atoms with Crippen LogP contribution in [0.5, 0.6) is 0 Å². The molecule has 0 aliphatic heterocycles. The number of aromatic nitrogens is 2. The van der Waals surface area contributed by atoms with Crippen molar-refractivity contribution in [3.63, 3.8) is 0 Å². The van der Waals surface area contributed by atoms with Crippen molar-refractivity contribution in [2.45, 2.75) is 32.7 Å². The fraction of sp³-hybridized carbons (Fsp3) is 0.250. The van der Waals surface area contributed by atoms with Gasteiger partial charge >= 0.3 is 0 Å². The minimum Gasteiger partial charge on any atom is -0.361 e. The molecule has 128 valence electrons. The van der Waals surface area contributed by atoms with E-state index in [1.807, 2.05) is 63.2 Å². The Labute approximate surface area is 147 Å². The molecule has 2 atom stereocenters. The molecule has 1 N–H and O–H groups in total. The van der Waals surface area contributed by atoms with E-state index in [0.717, 1.165) is 22.4 Å². The largest absolute Gasteiger partial charge is 0.361 e. The molecule has 5 heteroatoms. The van der Waals surface area contributed by atoms with Crippen LogP contribution in [0.3, 0.4) is 0 Å². The highest BCUT2D eigenvalue weighted by molar-refractivity contribution is 5.84. The molecular formula is C20H21N3O2. The molecule has 3 rings (SSSR count). The van der Waals surface area contributed by atoms with Crippen molar-refractivity contribution >= 4 is 5.91 Å². The molecule has 1 aromatic carbocycles. The SMILES string of the molecule is Cc1noc(C)c1[C@H](C)C(=O)N[C@H](c1ccccc1)c1ccncc1. The summed E-state index contributed by atoms with van der Waals surface area (Å²) in [7, 11) is 0. The van der Waals surface area contributed by atoms with Crippen molar-refractivity contribution < 1.29 is 9.32 Å². The highest BCUT2D eigenvalue weighted by Crippen LogP contribution is 2.26. The minimum atomic E-state index is -0.348. The van der Waals surface area contributed by atoms with E-state index in [1.54, 1.807) is 12.4 Å². The number of nitrogens with one attached hydrogen (secondary N) is 1. The zero-order valence-electron chi connectivity index (χ0n) is 14.6. The van der Waals surface area contributed by atoms with Crippen LogP contribution in [0.15, 0.2) is 59.4 Å². The molecule has 0 saturated carbocycles. The number of hydrogen-bond donors (Lipinski definition) is 1. The number of benzene rings is 1. The van der Waals surface area contributed by atoms with Crippen molar-refractivity contribution in [2.75, 3.05) is 0 Å². The van der Waals surface area contributed by atoms with Crippen LogP contribution in [0.2, 0.25) is 0 Å². The van der Waals surface area contributed by atoms with Gasteiger partial charge in [-0.1, -0.05) is 35.5 Å². The minimum absolute atomic E-state index is 0.0694. The number of aryl methyl sites for hydroxylation is 2. The molecule has 3 aromatic rings. The Hall–Kier alpha value is -2.95. The molecule has 0 spiro atoms. The van der Waals surface area contributed by atoms with Crippen molar-refractivity contribution in [3.05, 3.63) is 83.0 Å². The van der Waals surface area contributed by atoms with Gasteiger partial charge in [-0.3, -0.25) is 9.78 Å². The third-order valence-electron chi connectivity index (χ3n) is 4.37. The average Bonchev–Trinajstić information content (AvgIpc) is 2.98. The third kappa shape index (κ3) is 3.60. The summed E-state index contributed by atoms with van der Waals surface area (Å²) in [5, 5.41) is 7.11. The van der Waals surface area contributed by atoms with Crippen LogP contribution in [0.25, 0.3) is 0 Å². The Balaban J connectivity index is 1.89. The van der Waals surface area contributed by atoms with Gasteiger partial charge in [0.1, 0.15) is 5.76 Å². The Morgan fingerprint density at radius 2 is 1.68 bits per heavy atom. The quantitative estimate of drug-likeness (QED) is 0.772. The molecule has 0 aliphatic carbocycles. The molecule has 0 fully saturated rings. The molecule has 0 saturated heterocycles. The van der Waals surface area contributed by atoms with E-state index in [1.165, 1.54) is 0 Å². The van der Waals surface area contributed by atoms with Gasteiger partial charge in [-0.15, -0.1) is 0 Å². The molecule has 0 radical (unpaired) electrons. The number of nitrogens with zero attached hydrogens (tertiary/aromatic N) is 2. The van der Waals surface area contributed by atoms with Crippen molar-refractivity contribution in [3.8, 4) is 0 Å². The summed E-state index contributed by atoms with van der Waals surface area (Å²) in [6.07, 6.45) is 3.46. The van der Waals surface area contributed by atoms with Crippen LogP contribution in [0, 0.1) is 13.8 Å². The van der Waals surface area contributed by atoms with Crippen LogP contribution in [0.4, 0.5) is 0 Å². The molecule has 2 heterocycles. The Bertz CT molecular complexity index is 785. The first kappa shape index (κ1) is 16.9. The van der Waals surface area contributed by atoms with E-state index in [9.17, 15) is 4.79 Å². The van der Waals surface area contributed by atoms with Gasteiger partial charge in [0.05, 0.1) is 17.7 Å². The van der Waals surface area contributed by atoms with E-state index in [2.05, 4.69) is 15.5 Å². The van der Waals surface area contributed by atoms with Crippen LogP contribution in [-0.4, -0.2) is 16.0 Å². The second-order valence-electron chi connectivity index (χ2n) is 6.09. The summed E-state index contributed by atoms with van der Waals surface area (Å²) >= 11 is 0. The smallest absolute Gasteiger partial charge is 0.228 e. The summed E-state index contributed by atoms with van der Waals surface area (Å²) in [5.41, 5.74) is 3.60. The Kier molecular flexibility index (Phi) is 4.93. The molecule has 25 heavy (non-hydrogen) atoms. The number of rotatable bonds is 5. The topological polar surface area (TPSA) is 68.0 Å². The normalized spacial score (nSPS) is 13.2. The fourth-order valence-electron chi connectivity index (χ4n) is 3.07. The summed E-state index contributed by atoms with van der Waals surface area (Å²) < 4.78 is 5.20. The average molecular weight is 335 g/mol. The van der Waals surface area contributed by atoms with Crippen molar-refractivity contribution in [1.29, 1.82) is 0 Å². The lowest BCUT2D eigenvalue weighted by atomic mass is 9.95. The van der Waals surface area contributed by atoms with E-state index in [-0.39, 0.29) is 17.9 Å². The Morgan fingerprint density at radius 1 is 1.04 bits per heavy atom. The monoisotopic (exact) mass is 335 g/mol. The number of carbonyl (C=O) groups excluding carboxylic acids is 1. The van der Waals surface area contributed by atoms with Gasteiger partial charge in [-0.25, -0.2) is 0 Å². The summed E-state index contributed by atoms with van der Waals surface area (Å²) in [6.45, 7) is 5.56. The summed E-state index contributed by atoms with van der Waals surface area (Å²) in [6, 6.07) is 13.5. The number of hydrogen-bond acceptors (Lipinski definition) is 4. The first-order valence-electron chi connectivity index (χ1n) is 8.26. The van der Waals surface area contributed by atoms with Gasteiger partial charge in [0.25, 0.3) is 0 Å². The maximum Gasteiger partial charge on any atom is 0.228 e. The van der Waals surface area contributed by atoms with Gasteiger partial charge in [-0.2, -0.15) is 0 Å². The maximum absolute atomic E-state index is 12.9. The van der Waals surface area contributed by atoms with Gasteiger partial charge in [0.2, 0.25) is 5.91 Å². The highest BCUT2D eigenvalue weighted by atomic mass is 16.5. The van der Waals surface area contributed by atoms with Gasteiger partial charge in [0.15, 0.2) is 0 Å². The van der Waals surface area contributed by atoms with E-state index < -0.39 is 0 Å². The molecule has 2 aromatic heterocycles. The predicted octanol–water partition coefficient (Wildman–Crippen LogP) is 3.70. The zero-order chi connectivity index (χ0) is 17.8. The lowest BCUT2D eigenvalue weighted by molar-refractivity contribution is -0.122. The molecule has 0 bridgehead atoms. The molecule has 0 aliphatic rings. The van der Waals surface area contributed by atoms with E-state index >= 15 is 0 Å². The number of pyridine rings is 1. The van der Waals surface area contributed by atoms with E-state index in [4.69, 9.17) is 4.52 Å². The Morgan fingerprint density at radius 3 is 2.28 bits per heavy atom. The summed E-state index contributed by atoms with van der Waals surface area (Å²) in [5.74, 6) is 0.264. The number of carbonyl (C=O) groups is 1. The van der Waals surface area contributed by atoms with Crippen LogP contribution in [0.1, 0.15) is 47.0 Å². The summed E-state index contributed by atoms with van der Waals surface area (Å²) in [4.78, 5) is 17.0. The first-order chi connectivity index (χ1) is 12.1. The second-order valence-corrected chi connectivity index (χ2v) is 6.09. The standard InChI is InChI=1S/C20H21N3O2/c1-13(18-14(2)23-25-15(18)3)20(24)22-19(16-7-5-4-6-8-16)17-9-11-21-12-10-17/h4-13,19H,1-3H3,(H,22,24)/t13-,19+/m0/s1. The van der Waals surface area contributed by atoms with Crippen LogP contribution >= 0.6 is 0 Å². The first-order valence-corrected chi connectivity index (χ1v) is 8.26. The third-order valence-corrected chi connectivity index (χ3v) is 4.37. The lowest BCUT2D eigenvalue weighted by Crippen LogP contribution is -2.33. The molecule has 0 unspecified atom stereocenters. The van der Waals surface area contributed by atoms with Crippen LogP contribution in [-0.2, 0) is 4.79 Å². The highest BCUT2D eigenvalue weighted by Gasteiger charge is 2.26. The van der Waals surface area contributed by atoms with Crippen molar-refractivity contribution in [2.24, 2.45) is 0 Å². The van der Waals surface area contributed by atoms with Gasteiger partial charge in [-0.05, 0) is 44.0 Å². The number of amides is 1. The predicted molar refractivity (Wildman–Crippen MR) is 95.1 cm³/mol.